The fourth-order valence-corrected chi connectivity index (χ4v) is 9.85. The molecule has 0 saturated carbocycles. The summed E-state index contributed by atoms with van der Waals surface area (Å²) < 4.78 is 33.2. The van der Waals surface area contributed by atoms with E-state index in [0.717, 1.165) is 22.6 Å². The molecule has 4 atom stereocenters. The number of carbonyl (C=O) groups is 8. The number of hydrogen-bond acceptors (Lipinski definition) is 14. The quantitative estimate of drug-likeness (QED) is 0.0335. The second-order valence-electron chi connectivity index (χ2n) is 19.1. The number of carbonyl (C=O) groups excluding carboxylic acids is 8. The molecule has 0 bridgehead atoms. The minimum absolute atomic E-state index is 0.0120. The minimum atomic E-state index is -2.05. The molecule has 3 aliphatic heterocycles. The number of rotatable bonds is 20. The van der Waals surface area contributed by atoms with Crippen LogP contribution in [0.1, 0.15) is 97.9 Å². The van der Waals surface area contributed by atoms with Gasteiger partial charge in [0.1, 0.15) is 31.1 Å². The van der Waals surface area contributed by atoms with Gasteiger partial charge in [0.05, 0.1) is 54.8 Å². The van der Waals surface area contributed by atoms with Gasteiger partial charge in [-0.05, 0) is 85.4 Å². The zero-order chi connectivity index (χ0) is 53.9. The molecule has 1 aliphatic carbocycles. The van der Waals surface area contributed by atoms with E-state index < -0.39 is 88.7 Å². The number of aliphatic hydroxyl groups is 1. The molecule has 8 rings (SSSR count). The topological polar surface area (TPSA) is 309 Å². The number of aromatic nitrogens is 2. The van der Waals surface area contributed by atoms with E-state index in [-0.39, 0.29) is 82.9 Å². The van der Waals surface area contributed by atoms with Crippen LogP contribution >= 0.6 is 0 Å². The van der Waals surface area contributed by atoms with Gasteiger partial charge in [-0.25, -0.2) is 23.8 Å². The average Bonchev–Trinajstić information content (AvgIpc) is 3.95. The Morgan fingerprint density at radius 3 is 2.41 bits per heavy atom. The summed E-state index contributed by atoms with van der Waals surface area (Å²) in [5.74, 6) is -4.36. The van der Waals surface area contributed by atoms with Gasteiger partial charge in [-0.3, -0.25) is 33.7 Å². The van der Waals surface area contributed by atoms with Crippen molar-refractivity contribution >= 4 is 64.2 Å². The average molecular weight is 1040 g/mol. The smallest absolute Gasteiger partial charge is 0.407 e. The molecule has 0 radical (unpaired) electrons. The lowest BCUT2D eigenvalue weighted by Crippen LogP contribution is -2.54. The molecule has 4 aliphatic rings. The number of nitrogens with one attached hydrogen (secondary N) is 5. The first kappa shape index (κ1) is 53.2. The monoisotopic (exact) mass is 1040 g/mol. The number of nitrogens with two attached hydrogens (primary N) is 1. The van der Waals surface area contributed by atoms with Crippen LogP contribution in [0.5, 0.6) is 0 Å². The Morgan fingerprint density at radius 2 is 1.72 bits per heavy atom. The van der Waals surface area contributed by atoms with Crippen LogP contribution in [0.15, 0.2) is 53.3 Å². The van der Waals surface area contributed by atoms with Crippen molar-refractivity contribution in [2.75, 3.05) is 31.6 Å². The number of pyridine rings is 2. The molecule has 0 unspecified atom stereocenters. The summed E-state index contributed by atoms with van der Waals surface area (Å²) in [6.07, 6.45) is 2.49. The van der Waals surface area contributed by atoms with Gasteiger partial charge in [0.25, 0.3) is 17.4 Å². The highest BCUT2D eigenvalue weighted by Crippen LogP contribution is 2.46. The molecule has 0 fully saturated rings. The van der Waals surface area contributed by atoms with Gasteiger partial charge in [0.2, 0.25) is 17.7 Å². The number of ether oxygens (including phenoxy) is 3. The van der Waals surface area contributed by atoms with E-state index in [1.165, 1.54) is 10.6 Å². The van der Waals surface area contributed by atoms with Crippen LogP contribution in [0.4, 0.5) is 19.7 Å². The first-order valence-electron chi connectivity index (χ1n) is 24.7. The van der Waals surface area contributed by atoms with E-state index >= 15 is 4.39 Å². The molecule has 4 aromatic rings. The van der Waals surface area contributed by atoms with Crippen molar-refractivity contribution in [2.45, 2.75) is 110 Å². The number of nitrogens with zero attached hydrogens (tertiary/aromatic N) is 3. The molecule has 2 aromatic carbocycles. The molecule has 75 heavy (non-hydrogen) atoms. The van der Waals surface area contributed by atoms with Crippen molar-refractivity contribution < 1.29 is 62.1 Å². The van der Waals surface area contributed by atoms with E-state index in [9.17, 15) is 48.3 Å². The number of anilines is 1. The number of primary amides is 1. The van der Waals surface area contributed by atoms with E-state index in [0.29, 0.717) is 63.1 Å². The Hall–Kier alpha value is -8.05. The standard InChI is InChI=1S/C52H58FN9O13/c1-5-52(72)33-21-38-45-31(23-62(38)48(68)32(33)25-74-49(52)69)43-35(13-12-30-27(4)34(53)22-37(57-45)42(30)43)59-51(71)75-24-28-8-10-29(11-9-28)56-46(66)36(7-6-17-55-50(54)70)58-47(67)44(26(2)3)60-39(63)16-19-73-20-18-61-40(64)14-15-41(61)65/h8-11,14-15,21-22,26,35-36,44,72H,5-7,12-13,16-20,23-25H2,1-4H3,(H,56,66)(H,58,67)(H,59,71)(H,60,63)(H3,54,55,70)/t35-,36-,44-,52-/m0/s1. The molecule has 23 heteroatoms. The third-order valence-corrected chi connectivity index (χ3v) is 14.0. The Morgan fingerprint density at radius 1 is 0.987 bits per heavy atom. The second-order valence-corrected chi connectivity index (χ2v) is 19.1. The number of halogens is 1. The van der Waals surface area contributed by atoms with Crippen LogP contribution in [0.3, 0.4) is 0 Å². The number of hydrogen-bond donors (Lipinski definition) is 7. The van der Waals surface area contributed by atoms with Crippen molar-refractivity contribution in [3.05, 3.63) is 104 Å². The number of cyclic esters (lactones) is 1. The van der Waals surface area contributed by atoms with Gasteiger partial charge in [-0.2, -0.15) is 0 Å². The molecular weight excluding hydrogens is 978 g/mol. The summed E-state index contributed by atoms with van der Waals surface area (Å²) in [6, 6.07) is 5.74. The van der Waals surface area contributed by atoms with Crippen LogP contribution in [0, 0.1) is 18.7 Å². The lowest BCUT2D eigenvalue weighted by atomic mass is 9.81. The fraction of sp³-hybridized carbons (Fsp3) is 0.423. The van der Waals surface area contributed by atoms with Crippen molar-refractivity contribution in [2.24, 2.45) is 11.7 Å². The van der Waals surface area contributed by atoms with E-state index in [1.807, 2.05) is 0 Å². The predicted molar refractivity (Wildman–Crippen MR) is 265 cm³/mol. The zero-order valence-electron chi connectivity index (χ0n) is 41.8. The maximum atomic E-state index is 15.4. The molecule has 396 valence electrons. The molecule has 0 saturated heterocycles. The van der Waals surface area contributed by atoms with Gasteiger partial charge in [-0.15, -0.1) is 0 Å². The van der Waals surface area contributed by atoms with Crippen LogP contribution in [-0.2, 0) is 74.8 Å². The highest BCUT2D eigenvalue weighted by atomic mass is 19.1. The summed E-state index contributed by atoms with van der Waals surface area (Å²) in [4.78, 5) is 121. The molecule has 22 nitrogen and oxygen atoms in total. The Balaban J connectivity index is 0.902. The zero-order valence-corrected chi connectivity index (χ0v) is 41.8. The number of aryl methyl sites for hydroxylation is 1. The van der Waals surface area contributed by atoms with Crippen molar-refractivity contribution in [3.63, 3.8) is 0 Å². The molecule has 8 amide bonds. The van der Waals surface area contributed by atoms with Gasteiger partial charge >= 0.3 is 18.1 Å². The lowest BCUT2D eigenvalue weighted by Gasteiger charge is -2.31. The number of alkyl carbamates (subject to hydrolysis) is 1. The predicted octanol–water partition coefficient (Wildman–Crippen LogP) is 2.79. The molecule has 2 aromatic heterocycles. The number of amides is 8. The number of fused-ring (bicyclic) bond motifs is 5. The Labute approximate surface area is 428 Å². The van der Waals surface area contributed by atoms with Crippen LogP contribution in [0.25, 0.3) is 22.3 Å². The summed E-state index contributed by atoms with van der Waals surface area (Å²) in [7, 11) is 0. The van der Waals surface area contributed by atoms with Crippen LogP contribution < -0.4 is 37.9 Å². The molecule has 8 N–H and O–H groups in total. The third-order valence-electron chi connectivity index (χ3n) is 14.0. The fourth-order valence-electron chi connectivity index (χ4n) is 9.85. The Bertz CT molecular complexity index is 3080. The highest BCUT2D eigenvalue weighted by Gasteiger charge is 2.46. The first-order chi connectivity index (χ1) is 35.8. The van der Waals surface area contributed by atoms with Gasteiger partial charge in [0.15, 0.2) is 5.60 Å². The lowest BCUT2D eigenvalue weighted by molar-refractivity contribution is -0.172. The maximum absolute atomic E-state index is 15.4. The summed E-state index contributed by atoms with van der Waals surface area (Å²) in [5.41, 5.74) is 7.35. The van der Waals surface area contributed by atoms with Crippen molar-refractivity contribution in [1.82, 2.24) is 35.7 Å². The summed E-state index contributed by atoms with van der Waals surface area (Å²) >= 11 is 0. The van der Waals surface area contributed by atoms with Gasteiger partial charge in [-0.1, -0.05) is 32.9 Å². The maximum Gasteiger partial charge on any atom is 0.407 e. The normalized spacial score (nSPS) is 17.9. The van der Waals surface area contributed by atoms with Crippen LogP contribution in [0.2, 0.25) is 0 Å². The van der Waals surface area contributed by atoms with Gasteiger partial charge < -0.3 is 56.2 Å². The first-order valence-corrected chi connectivity index (χ1v) is 24.7. The van der Waals surface area contributed by atoms with E-state index in [2.05, 4.69) is 26.6 Å². The number of esters is 1. The summed E-state index contributed by atoms with van der Waals surface area (Å²) in [6.45, 7) is 6.39. The third kappa shape index (κ3) is 11.1. The minimum Gasteiger partial charge on any atom is -0.458 e. The number of benzene rings is 2. The largest absolute Gasteiger partial charge is 0.458 e. The van der Waals surface area contributed by atoms with Gasteiger partial charge in [0, 0.05) is 53.4 Å². The van der Waals surface area contributed by atoms with Crippen molar-refractivity contribution in [1.29, 1.82) is 0 Å². The summed E-state index contributed by atoms with van der Waals surface area (Å²) in [5, 5.41) is 25.6. The van der Waals surface area contributed by atoms with Crippen LogP contribution in [-0.4, -0.2) is 106 Å². The highest BCUT2D eigenvalue weighted by molar-refractivity contribution is 6.12. The van der Waals surface area contributed by atoms with Crippen molar-refractivity contribution in [3.8, 4) is 11.4 Å². The van der Waals surface area contributed by atoms with E-state index in [4.69, 9.17) is 24.9 Å². The SMILES string of the molecule is CC[C@@]1(O)C(=O)OCc2c1cc1n(c2=O)Cc2c-1nc1cc(F)c(C)c3c1c2[C@@H](NC(=O)OCc1ccc(NC(=O)[C@H](CCCNC(N)=O)NC(=O)[C@@H](NC(=O)CCOCCN2C(=O)C=CC2=O)C(C)C)cc1)CC3. The van der Waals surface area contributed by atoms with E-state index in [1.54, 1.807) is 58.0 Å². The number of imide groups is 1. The molecule has 0 spiro atoms. The second kappa shape index (κ2) is 22.2. The molecule has 5 heterocycles. The molecular formula is C52H58FN9O13. The number of urea groups is 1. The Kier molecular flexibility index (Phi) is 15.8.